The van der Waals surface area contributed by atoms with Gasteiger partial charge < -0.3 is 49.2 Å². The molecule has 4 heterocycles. The lowest BCUT2D eigenvalue weighted by molar-refractivity contribution is -0.137. The second-order valence-corrected chi connectivity index (χ2v) is 17.1. The number of ketones is 1. The number of fused-ring (bicyclic) bond motifs is 6. The van der Waals surface area contributed by atoms with Gasteiger partial charge in [0.05, 0.1) is 55.9 Å². The molecule has 0 bridgehead atoms. The third-order valence-corrected chi connectivity index (χ3v) is 13.3. The van der Waals surface area contributed by atoms with Crippen molar-refractivity contribution in [2.45, 2.75) is 69.4 Å². The molecule has 1 saturated heterocycles. The number of benzene rings is 4. The summed E-state index contributed by atoms with van der Waals surface area (Å²) in [6, 6.07) is 21.7. The second-order valence-electron chi connectivity index (χ2n) is 17.1. The summed E-state index contributed by atoms with van der Waals surface area (Å²) in [5, 5.41) is 7.37. The SMILES string of the molecule is COC[C@H]1C[C@@H](c2ncc(-c3ccc4c(c3)COc3cc5c(ccc6[nH]c([C@@H]7CCCC7C(=O)[C@H](NC(=O)OC)c7ccccc7)nc65)cc3-4)[nH]2)N(C(=O)[C@@H](NC(=O)OC)[C@@H](C)OC)C1. The predicted molar refractivity (Wildman–Crippen MR) is 241 cm³/mol. The van der Waals surface area contributed by atoms with E-state index in [-0.39, 0.29) is 35.5 Å². The molecule has 2 aromatic heterocycles. The van der Waals surface area contributed by atoms with Crippen LogP contribution in [0.5, 0.6) is 5.75 Å². The van der Waals surface area contributed by atoms with Crippen LogP contribution in [-0.2, 0) is 35.1 Å². The number of carbonyl (C=O) groups excluding carboxylic acids is 4. The Morgan fingerprint density at radius 2 is 1.69 bits per heavy atom. The summed E-state index contributed by atoms with van der Waals surface area (Å²) in [4.78, 5) is 71.6. The van der Waals surface area contributed by atoms with Crippen molar-refractivity contribution < 1.29 is 42.9 Å². The monoisotopic (exact) mass is 883 g/mol. The molecule has 4 aromatic carbocycles. The van der Waals surface area contributed by atoms with E-state index < -0.39 is 30.4 Å². The number of rotatable bonds is 13. The number of likely N-dealkylation sites (tertiary alicyclic amines) is 1. The normalized spacial score (nSPS) is 20.4. The van der Waals surface area contributed by atoms with Gasteiger partial charge in [0.15, 0.2) is 5.78 Å². The van der Waals surface area contributed by atoms with Crippen molar-refractivity contribution in [2.75, 3.05) is 41.6 Å². The molecular formula is C49H53N7O9. The van der Waals surface area contributed by atoms with Crippen LogP contribution < -0.4 is 15.4 Å². The van der Waals surface area contributed by atoms with E-state index >= 15 is 0 Å². The third kappa shape index (κ3) is 8.39. The van der Waals surface area contributed by atoms with E-state index in [0.717, 1.165) is 74.2 Å². The molecule has 338 valence electrons. The van der Waals surface area contributed by atoms with E-state index in [4.69, 9.17) is 33.7 Å². The molecule has 1 aliphatic carbocycles. The van der Waals surface area contributed by atoms with Gasteiger partial charge in [0.25, 0.3) is 0 Å². The second kappa shape index (κ2) is 18.4. The molecule has 7 atom stereocenters. The lowest BCUT2D eigenvalue weighted by Crippen LogP contribution is -2.54. The summed E-state index contributed by atoms with van der Waals surface area (Å²) in [6.45, 7) is 2.98. The highest BCUT2D eigenvalue weighted by atomic mass is 16.5. The fourth-order valence-electron chi connectivity index (χ4n) is 9.95. The van der Waals surface area contributed by atoms with Crippen LogP contribution >= 0.6 is 0 Å². The first-order valence-electron chi connectivity index (χ1n) is 22.0. The molecular weight excluding hydrogens is 831 g/mol. The number of H-pyrrole nitrogens is 2. The van der Waals surface area contributed by atoms with Crippen LogP contribution in [-0.4, -0.2) is 102 Å². The van der Waals surface area contributed by atoms with Crippen LogP contribution in [0.15, 0.2) is 79.0 Å². The Bertz CT molecular complexity index is 2750. The first-order chi connectivity index (χ1) is 31.6. The highest BCUT2D eigenvalue weighted by molar-refractivity contribution is 6.07. The Hall–Kier alpha value is -6.78. The smallest absolute Gasteiger partial charge is 0.407 e. The molecule has 0 spiro atoms. The summed E-state index contributed by atoms with van der Waals surface area (Å²) >= 11 is 0. The summed E-state index contributed by atoms with van der Waals surface area (Å²) < 4.78 is 27.1. The van der Waals surface area contributed by atoms with Crippen molar-refractivity contribution in [3.05, 3.63) is 102 Å². The number of ether oxygens (including phenoxy) is 5. The van der Waals surface area contributed by atoms with E-state index in [1.807, 2.05) is 36.4 Å². The molecule has 4 N–H and O–H groups in total. The number of carbonyl (C=O) groups is 4. The van der Waals surface area contributed by atoms with Crippen molar-refractivity contribution in [3.8, 4) is 28.1 Å². The van der Waals surface area contributed by atoms with Crippen molar-refractivity contribution in [3.63, 3.8) is 0 Å². The van der Waals surface area contributed by atoms with Gasteiger partial charge in [-0.3, -0.25) is 9.59 Å². The molecule has 9 rings (SSSR count). The lowest BCUT2D eigenvalue weighted by atomic mass is 9.85. The zero-order valence-electron chi connectivity index (χ0n) is 37.0. The number of Topliss-reactive ketones (excluding diaryl/α,β-unsaturated/α-hetero) is 1. The molecule has 3 aliphatic rings. The largest absolute Gasteiger partial charge is 0.488 e. The number of aromatic nitrogens is 4. The van der Waals surface area contributed by atoms with Crippen LogP contribution in [0.1, 0.15) is 73.4 Å². The summed E-state index contributed by atoms with van der Waals surface area (Å²) in [5.74, 6) is 1.37. The van der Waals surface area contributed by atoms with Gasteiger partial charge in [-0.15, -0.1) is 0 Å². The van der Waals surface area contributed by atoms with Crippen LogP contribution in [0.3, 0.4) is 0 Å². The molecule has 2 aliphatic heterocycles. The number of nitrogens with one attached hydrogen (secondary N) is 4. The maximum atomic E-state index is 14.2. The van der Waals surface area contributed by atoms with Crippen molar-refractivity contribution in [2.24, 2.45) is 11.8 Å². The first kappa shape index (κ1) is 43.5. The predicted octanol–water partition coefficient (Wildman–Crippen LogP) is 7.51. The molecule has 65 heavy (non-hydrogen) atoms. The Kier molecular flexibility index (Phi) is 12.3. The highest BCUT2D eigenvalue weighted by Crippen LogP contribution is 2.45. The third-order valence-electron chi connectivity index (χ3n) is 13.3. The molecule has 3 amide bonds. The topological polar surface area (TPSA) is 199 Å². The summed E-state index contributed by atoms with van der Waals surface area (Å²) in [7, 11) is 5.68. The van der Waals surface area contributed by atoms with E-state index in [1.54, 1.807) is 25.1 Å². The zero-order valence-corrected chi connectivity index (χ0v) is 37.0. The van der Waals surface area contributed by atoms with Crippen LogP contribution in [0.2, 0.25) is 0 Å². The van der Waals surface area contributed by atoms with E-state index in [2.05, 4.69) is 57.0 Å². The van der Waals surface area contributed by atoms with Gasteiger partial charge in [0.1, 0.15) is 36.1 Å². The Morgan fingerprint density at radius 1 is 0.892 bits per heavy atom. The molecule has 1 saturated carbocycles. The average Bonchev–Trinajstić information content (AvgIpc) is 4.18. The molecule has 16 heteroatoms. The minimum Gasteiger partial charge on any atom is -0.488 e. The van der Waals surface area contributed by atoms with Gasteiger partial charge in [-0.2, -0.15) is 0 Å². The minimum absolute atomic E-state index is 0.0624. The standard InChI is InChI=1S/C49H53N7O9/c1-26(62-3)41(54-48(59)63-4)47(58)56-23-27(24-61-2)18-39(56)46-50-22-38(52-46)30-14-16-32-31(19-30)25-65-40-21-35-29(20-36(32)40)15-17-37-43(35)53-45(51-37)34-13-9-12-33(34)44(57)42(55-49(60)64-5)28-10-7-6-8-11-28/h6-8,10-11,14-17,19-22,26-27,33-34,39,41-42H,9,12-13,18,23-25H2,1-5H3,(H,50,52)(H,51,53)(H,54,59)(H,55,60)/t26-,27+,33?,34-,39+,41+,42-/m1/s1. The highest BCUT2D eigenvalue weighted by Gasteiger charge is 2.43. The molecule has 16 nitrogen and oxygen atoms in total. The number of alkyl carbamates (subject to hydrolysis) is 2. The van der Waals surface area contributed by atoms with Crippen LogP contribution in [0.25, 0.3) is 44.2 Å². The van der Waals surface area contributed by atoms with Gasteiger partial charge in [-0.05, 0) is 78.1 Å². The number of nitrogens with zero attached hydrogens (tertiary/aromatic N) is 3. The van der Waals surface area contributed by atoms with Gasteiger partial charge in [0.2, 0.25) is 5.91 Å². The lowest BCUT2D eigenvalue weighted by Gasteiger charge is -2.30. The fraction of sp³-hybridized carbons (Fsp3) is 0.388. The number of imidazole rings is 2. The summed E-state index contributed by atoms with van der Waals surface area (Å²) in [6.07, 6.45) is 2.78. The zero-order chi connectivity index (χ0) is 45.4. The van der Waals surface area contributed by atoms with E-state index in [9.17, 15) is 19.2 Å². The fourth-order valence-corrected chi connectivity index (χ4v) is 9.95. The van der Waals surface area contributed by atoms with Crippen molar-refractivity contribution in [1.82, 2.24) is 35.5 Å². The number of amides is 3. The first-order valence-corrected chi connectivity index (χ1v) is 22.0. The number of methoxy groups -OCH3 is 4. The number of aromatic amines is 2. The van der Waals surface area contributed by atoms with Gasteiger partial charge in [0, 0.05) is 49.5 Å². The van der Waals surface area contributed by atoms with Crippen molar-refractivity contribution >= 4 is 45.7 Å². The van der Waals surface area contributed by atoms with E-state index in [0.29, 0.717) is 44.0 Å². The van der Waals surface area contributed by atoms with E-state index in [1.165, 1.54) is 21.3 Å². The Morgan fingerprint density at radius 3 is 2.46 bits per heavy atom. The number of hydrogen-bond donors (Lipinski definition) is 4. The maximum Gasteiger partial charge on any atom is 0.407 e. The van der Waals surface area contributed by atoms with Crippen LogP contribution in [0, 0.1) is 11.8 Å². The molecule has 1 unspecified atom stereocenters. The van der Waals surface area contributed by atoms with Crippen molar-refractivity contribution in [1.29, 1.82) is 0 Å². The summed E-state index contributed by atoms with van der Waals surface area (Å²) in [5.41, 5.74) is 7.16. The Balaban J connectivity index is 0.966. The molecule has 6 aromatic rings. The quantitative estimate of drug-likeness (QED) is 0.0895. The van der Waals surface area contributed by atoms with Gasteiger partial charge >= 0.3 is 12.2 Å². The minimum atomic E-state index is -0.964. The Labute approximate surface area is 375 Å². The van der Waals surface area contributed by atoms with Gasteiger partial charge in [-0.25, -0.2) is 19.6 Å². The van der Waals surface area contributed by atoms with Crippen LogP contribution in [0.4, 0.5) is 9.59 Å². The molecule has 2 fully saturated rings. The van der Waals surface area contributed by atoms with Gasteiger partial charge in [-0.1, -0.05) is 55.0 Å². The number of hydrogen-bond acceptors (Lipinski definition) is 11. The molecule has 0 radical (unpaired) electrons. The average molecular weight is 884 g/mol. The maximum absolute atomic E-state index is 14.2.